The van der Waals surface area contributed by atoms with Gasteiger partial charge in [0.25, 0.3) is 0 Å². The Bertz CT molecular complexity index is 891. The van der Waals surface area contributed by atoms with Gasteiger partial charge < -0.3 is 9.72 Å². The highest BCUT2D eigenvalue weighted by atomic mass is 19.4. The number of aromatic amines is 1. The van der Waals surface area contributed by atoms with E-state index in [1.165, 1.54) is 13.1 Å². The monoisotopic (exact) mass is 349 g/mol. The van der Waals surface area contributed by atoms with Crippen LogP contribution in [0.25, 0.3) is 11.2 Å². The first-order valence-corrected chi connectivity index (χ1v) is 7.48. The summed E-state index contributed by atoms with van der Waals surface area (Å²) in [5, 5.41) is 0. The van der Waals surface area contributed by atoms with Crippen molar-refractivity contribution in [1.29, 1.82) is 0 Å². The van der Waals surface area contributed by atoms with Crippen molar-refractivity contribution in [2.45, 2.75) is 25.6 Å². The van der Waals surface area contributed by atoms with Gasteiger partial charge in [-0.05, 0) is 12.5 Å². The maximum Gasteiger partial charge on any atom is 0.420 e. The maximum absolute atomic E-state index is 13.0. The van der Waals surface area contributed by atoms with Crippen LogP contribution in [-0.2, 0) is 22.3 Å². The second-order valence-electron chi connectivity index (χ2n) is 5.51. The molecule has 1 aromatic carbocycles. The second kappa shape index (κ2) is 6.54. The van der Waals surface area contributed by atoms with E-state index in [0.717, 1.165) is 11.8 Å². The summed E-state index contributed by atoms with van der Waals surface area (Å²) in [6, 6.07) is 9.08. The largest absolute Gasteiger partial charge is 0.460 e. The lowest BCUT2D eigenvalue weighted by molar-refractivity contribution is -0.146. The summed E-state index contributed by atoms with van der Waals surface area (Å²) in [4.78, 5) is 22.5. The van der Waals surface area contributed by atoms with E-state index in [4.69, 9.17) is 4.74 Å². The highest BCUT2D eigenvalue weighted by Gasteiger charge is 2.35. The first kappa shape index (κ1) is 16.9. The third kappa shape index (κ3) is 3.62. The van der Waals surface area contributed by atoms with E-state index in [1.54, 1.807) is 12.1 Å². The van der Waals surface area contributed by atoms with Crippen LogP contribution in [0.15, 0.2) is 42.7 Å². The van der Waals surface area contributed by atoms with Crippen LogP contribution in [0, 0.1) is 0 Å². The Morgan fingerprint density at radius 3 is 2.68 bits per heavy atom. The zero-order valence-corrected chi connectivity index (χ0v) is 13.2. The second-order valence-corrected chi connectivity index (χ2v) is 5.51. The number of alkyl halides is 3. The average molecular weight is 349 g/mol. The van der Waals surface area contributed by atoms with Gasteiger partial charge in [-0.2, -0.15) is 13.2 Å². The number of aromatic nitrogens is 3. The zero-order valence-electron chi connectivity index (χ0n) is 13.2. The van der Waals surface area contributed by atoms with Gasteiger partial charge in [-0.15, -0.1) is 0 Å². The van der Waals surface area contributed by atoms with Crippen molar-refractivity contribution in [2.24, 2.45) is 0 Å². The number of hydrogen-bond acceptors (Lipinski definition) is 4. The van der Waals surface area contributed by atoms with Gasteiger partial charge in [0, 0.05) is 6.20 Å². The molecule has 0 aliphatic rings. The van der Waals surface area contributed by atoms with Gasteiger partial charge in [0.15, 0.2) is 5.65 Å². The van der Waals surface area contributed by atoms with Gasteiger partial charge in [-0.1, -0.05) is 30.3 Å². The molecule has 130 valence electrons. The standard InChI is InChI=1S/C17H14F3N3O2/c1-10(16(24)25-9-11-5-3-2-4-6-11)13-8-22-15-14(23-13)12(7-21-15)17(18,19)20/h2-8,10H,9H2,1H3,(H,21,22). The Morgan fingerprint density at radius 1 is 1.28 bits per heavy atom. The number of halogens is 3. The van der Waals surface area contributed by atoms with E-state index in [1.807, 2.05) is 18.2 Å². The van der Waals surface area contributed by atoms with Crippen molar-refractivity contribution >= 4 is 17.1 Å². The third-order valence-corrected chi connectivity index (χ3v) is 3.73. The quantitative estimate of drug-likeness (QED) is 0.727. The fourth-order valence-electron chi connectivity index (χ4n) is 2.30. The van der Waals surface area contributed by atoms with Crippen LogP contribution in [0.3, 0.4) is 0 Å². The van der Waals surface area contributed by atoms with Gasteiger partial charge in [0.2, 0.25) is 0 Å². The summed E-state index contributed by atoms with van der Waals surface area (Å²) in [7, 11) is 0. The zero-order chi connectivity index (χ0) is 18.0. The molecule has 0 spiro atoms. The van der Waals surface area contributed by atoms with Gasteiger partial charge in [-0.25, -0.2) is 9.97 Å². The van der Waals surface area contributed by atoms with Crippen molar-refractivity contribution in [3.8, 4) is 0 Å². The number of nitrogens with zero attached hydrogens (tertiary/aromatic N) is 2. The molecule has 0 bridgehead atoms. The smallest absolute Gasteiger partial charge is 0.420 e. The lowest BCUT2D eigenvalue weighted by Gasteiger charge is -2.11. The van der Waals surface area contributed by atoms with Crippen LogP contribution in [0.1, 0.15) is 29.7 Å². The molecule has 2 heterocycles. The number of carbonyl (C=O) groups excluding carboxylic acids is 1. The molecule has 0 aliphatic heterocycles. The number of hydrogen-bond donors (Lipinski definition) is 1. The molecule has 0 fully saturated rings. The van der Waals surface area contributed by atoms with Crippen LogP contribution < -0.4 is 0 Å². The van der Waals surface area contributed by atoms with Crippen molar-refractivity contribution in [3.63, 3.8) is 0 Å². The highest BCUT2D eigenvalue weighted by molar-refractivity contribution is 5.79. The summed E-state index contributed by atoms with van der Waals surface area (Å²) in [6.45, 7) is 1.60. The van der Waals surface area contributed by atoms with Crippen molar-refractivity contribution in [2.75, 3.05) is 0 Å². The molecule has 0 radical (unpaired) electrons. The average Bonchev–Trinajstić information content (AvgIpc) is 3.03. The number of fused-ring (bicyclic) bond motifs is 1. The first-order chi connectivity index (χ1) is 11.9. The molecule has 3 aromatic rings. The van der Waals surface area contributed by atoms with Crippen molar-refractivity contribution in [1.82, 2.24) is 15.0 Å². The summed E-state index contributed by atoms with van der Waals surface area (Å²) in [6.07, 6.45) is -2.47. The Labute approximate surface area is 140 Å². The summed E-state index contributed by atoms with van der Waals surface area (Å²) >= 11 is 0. The van der Waals surface area contributed by atoms with Gasteiger partial charge >= 0.3 is 12.1 Å². The molecular weight excluding hydrogens is 335 g/mol. The molecule has 2 aromatic heterocycles. The van der Waals surface area contributed by atoms with E-state index in [0.29, 0.717) is 0 Å². The molecule has 0 amide bonds. The van der Waals surface area contributed by atoms with Crippen LogP contribution in [0.2, 0.25) is 0 Å². The minimum atomic E-state index is -4.55. The number of H-pyrrole nitrogens is 1. The number of nitrogens with one attached hydrogen (secondary N) is 1. The maximum atomic E-state index is 13.0. The molecule has 1 atom stereocenters. The van der Waals surface area contributed by atoms with E-state index in [9.17, 15) is 18.0 Å². The highest BCUT2D eigenvalue weighted by Crippen LogP contribution is 2.33. The number of ether oxygens (including phenoxy) is 1. The van der Waals surface area contributed by atoms with Gasteiger partial charge in [0.05, 0.1) is 17.8 Å². The molecule has 25 heavy (non-hydrogen) atoms. The fraction of sp³-hybridized carbons (Fsp3) is 0.235. The van der Waals surface area contributed by atoms with E-state index >= 15 is 0 Å². The SMILES string of the molecule is CC(C(=O)OCc1ccccc1)c1cnc2[nH]cc(C(F)(F)F)c2n1. The molecule has 0 saturated carbocycles. The molecule has 1 N–H and O–H groups in total. The third-order valence-electron chi connectivity index (χ3n) is 3.73. The molecule has 1 unspecified atom stereocenters. The van der Waals surface area contributed by atoms with E-state index in [2.05, 4.69) is 15.0 Å². The van der Waals surface area contributed by atoms with Crippen LogP contribution in [-0.4, -0.2) is 20.9 Å². The molecular formula is C17H14F3N3O2. The Balaban J connectivity index is 1.79. The number of rotatable bonds is 4. The van der Waals surface area contributed by atoms with Crippen molar-refractivity contribution < 1.29 is 22.7 Å². The van der Waals surface area contributed by atoms with Gasteiger partial charge in [0.1, 0.15) is 17.7 Å². The van der Waals surface area contributed by atoms with E-state index < -0.39 is 23.6 Å². The van der Waals surface area contributed by atoms with Gasteiger partial charge in [-0.3, -0.25) is 4.79 Å². The van der Waals surface area contributed by atoms with Crippen molar-refractivity contribution in [3.05, 3.63) is 59.5 Å². The molecule has 0 aliphatic carbocycles. The molecule has 3 rings (SSSR count). The minimum Gasteiger partial charge on any atom is -0.460 e. The van der Waals surface area contributed by atoms with Crippen LogP contribution >= 0.6 is 0 Å². The molecule has 5 nitrogen and oxygen atoms in total. The first-order valence-electron chi connectivity index (χ1n) is 7.48. The Morgan fingerprint density at radius 2 is 2.00 bits per heavy atom. The lowest BCUT2D eigenvalue weighted by atomic mass is 10.1. The predicted molar refractivity (Wildman–Crippen MR) is 83.5 cm³/mol. The van der Waals surface area contributed by atoms with Crippen LogP contribution in [0.4, 0.5) is 13.2 Å². The van der Waals surface area contributed by atoms with E-state index in [-0.39, 0.29) is 23.5 Å². The Kier molecular flexibility index (Phi) is 4.43. The normalized spacial score (nSPS) is 13.0. The molecule has 0 saturated heterocycles. The lowest BCUT2D eigenvalue weighted by Crippen LogP contribution is -2.15. The minimum absolute atomic E-state index is 0.0147. The number of esters is 1. The number of benzene rings is 1. The predicted octanol–water partition coefficient (Wildman–Crippen LogP) is 3.82. The summed E-state index contributed by atoms with van der Waals surface area (Å²) in [5.41, 5.74) is -0.277. The topological polar surface area (TPSA) is 67.9 Å². The molecule has 8 heteroatoms. The summed E-state index contributed by atoms with van der Waals surface area (Å²) in [5.74, 6) is -1.42. The number of carbonyl (C=O) groups is 1. The fourth-order valence-corrected chi connectivity index (χ4v) is 2.30. The van der Waals surface area contributed by atoms with Crippen LogP contribution in [0.5, 0.6) is 0 Å². The Hall–Kier alpha value is -2.90. The summed E-state index contributed by atoms with van der Waals surface area (Å²) < 4.78 is 44.1.